The summed E-state index contributed by atoms with van der Waals surface area (Å²) < 4.78 is 0. The number of benzene rings is 1. The summed E-state index contributed by atoms with van der Waals surface area (Å²) in [6, 6.07) is 9.69. The highest BCUT2D eigenvalue weighted by atomic mass is 14.9. The molecule has 0 heterocycles. The number of hydrogen-bond donors (Lipinski definition) is 1. The van der Waals surface area contributed by atoms with Gasteiger partial charge < -0.3 is 5.32 Å². The zero-order valence-electron chi connectivity index (χ0n) is 12.2. The van der Waals surface area contributed by atoms with E-state index < -0.39 is 0 Å². The van der Waals surface area contributed by atoms with Crippen molar-refractivity contribution in [3.8, 4) is 0 Å². The average molecular weight is 257 g/mol. The van der Waals surface area contributed by atoms with Gasteiger partial charge in [0, 0.05) is 6.04 Å². The largest absolute Gasteiger partial charge is 0.313 e. The van der Waals surface area contributed by atoms with Crippen molar-refractivity contribution in [2.24, 2.45) is 11.8 Å². The lowest BCUT2D eigenvalue weighted by Crippen LogP contribution is -2.38. The number of nitrogens with one attached hydrogen (secondary N) is 1. The highest BCUT2D eigenvalue weighted by Gasteiger charge is 2.21. The summed E-state index contributed by atoms with van der Waals surface area (Å²) in [6.45, 7) is 3.65. The first kappa shape index (κ1) is 13.2. The standard InChI is InChI=1S/C18H27N/c1-14-6-8-15(9-7-14)13-19-18-11-10-16-4-2-3-5-17(16)12-18/h2-5,14-15,18-19H,6-13H2,1H3. The Bertz CT molecular complexity index is 404. The Labute approximate surface area is 117 Å². The quantitative estimate of drug-likeness (QED) is 0.864. The smallest absolute Gasteiger partial charge is 0.0111 e. The Kier molecular flexibility index (Phi) is 4.22. The second-order valence-electron chi connectivity index (χ2n) is 6.74. The maximum atomic E-state index is 3.85. The lowest BCUT2D eigenvalue weighted by molar-refractivity contribution is 0.270. The molecule has 0 spiro atoms. The molecule has 0 aliphatic heterocycles. The van der Waals surface area contributed by atoms with Crippen LogP contribution in [0.2, 0.25) is 0 Å². The molecule has 1 saturated carbocycles. The monoisotopic (exact) mass is 257 g/mol. The molecule has 1 fully saturated rings. The van der Waals surface area contributed by atoms with Gasteiger partial charge in [-0.1, -0.05) is 44.0 Å². The van der Waals surface area contributed by atoms with Crippen LogP contribution in [0, 0.1) is 11.8 Å². The Morgan fingerprint density at radius 3 is 2.53 bits per heavy atom. The first-order valence-electron chi connectivity index (χ1n) is 8.11. The molecule has 0 amide bonds. The predicted octanol–water partition coefficient (Wildman–Crippen LogP) is 3.96. The third kappa shape index (κ3) is 3.39. The van der Waals surface area contributed by atoms with Crippen molar-refractivity contribution in [2.75, 3.05) is 6.54 Å². The highest BCUT2D eigenvalue weighted by Crippen LogP contribution is 2.28. The molecule has 1 unspecified atom stereocenters. The first-order valence-corrected chi connectivity index (χ1v) is 8.11. The maximum absolute atomic E-state index is 3.85. The number of aryl methyl sites for hydroxylation is 1. The highest BCUT2D eigenvalue weighted by molar-refractivity contribution is 5.30. The molecule has 19 heavy (non-hydrogen) atoms. The molecule has 2 aliphatic carbocycles. The van der Waals surface area contributed by atoms with Crippen molar-refractivity contribution in [2.45, 2.75) is 57.9 Å². The van der Waals surface area contributed by atoms with E-state index in [1.807, 2.05) is 0 Å². The fourth-order valence-electron chi connectivity index (χ4n) is 3.74. The molecule has 1 aromatic rings. The van der Waals surface area contributed by atoms with Gasteiger partial charge in [0.05, 0.1) is 0 Å². The Hall–Kier alpha value is -0.820. The number of rotatable bonds is 3. The third-order valence-corrected chi connectivity index (χ3v) is 5.18. The second kappa shape index (κ2) is 6.09. The Morgan fingerprint density at radius 2 is 1.74 bits per heavy atom. The molecule has 2 aliphatic rings. The molecule has 0 radical (unpaired) electrons. The van der Waals surface area contributed by atoms with E-state index in [-0.39, 0.29) is 0 Å². The van der Waals surface area contributed by atoms with Gasteiger partial charge in [0.15, 0.2) is 0 Å². The molecule has 3 rings (SSSR count). The van der Waals surface area contributed by atoms with Crippen LogP contribution in [0.3, 0.4) is 0 Å². The molecule has 0 saturated heterocycles. The molecule has 1 nitrogen and oxygen atoms in total. The molecule has 1 heteroatoms. The van der Waals surface area contributed by atoms with Gasteiger partial charge in [-0.15, -0.1) is 0 Å². The van der Waals surface area contributed by atoms with Gasteiger partial charge in [-0.05, 0) is 61.6 Å². The average Bonchev–Trinajstić information content (AvgIpc) is 2.46. The van der Waals surface area contributed by atoms with Crippen LogP contribution in [0.25, 0.3) is 0 Å². The van der Waals surface area contributed by atoms with Crippen molar-refractivity contribution in [1.82, 2.24) is 5.32 Å². The summed E-state index contributed by atoms with van der Waals surface area (Å²) in [7, 11) is 0. The van der Waals surface area contributed by atoms with Crippen molar-refractivity contribution in [3.05, 3.63) is 35.4 Å². The van der Waals surface area contributed by atoms with E-state index >= 15 is 0 Å². The molecular weight excluding hydrogens is 230 g/mol. The zero-order valence-corrected chi connectivity index (χ0v) is 12.2. The fourth-order valence-corrected chi connectivity index (χ4v) is 3.74. The van der Waals surface area contributed by atoms with E-state index in [0.717, 1.165) is 11.8 Å². The molecule has 1 atom stereocenters. The van der Waals surface area contributed by atoms with E-state index in [4.69, 9.17) is 0 Å². The Balaban J connectivity index is 1.47. The van der Waals surface area contributed by atoms with Crippen molar-refractivity contribution >= 4 is 0 Å². The minimum Gasteiger partial charge on any atom is -0.313 e. The fraction of sp³-hybridized carbons (Fsp3) is 0.667. The van der Waals surface area contributed by atoms with Gasteiger partial charge in [0.2, 0.25) is 0 Å². The second-order valence-corrected chi connectivity index (χ2v) is 6.74. The minimum atomic E-state index is 0.717. The van der Waals surface area contributed by atoms with E-state index in [1.54, 1.807) is 11.1 Å². The molecule has 1 N–H and O–H groups in total. The van der Waals surface area contributed by atoms with Crippen molar-refractivity contribution in [3.63, 3.8) is 0 Å². The third-order valence-electron chi connectivity index (χ3n) is 5.18. The van der Waals surface area contributed by atoms with Gasteiger partial charge >= 0.3 is 0 Å². The summed E-state index contributed by atoms with van der Waals surface area (Å²) >= 11 is 0. The van der Waals surface area contributed by atoms with Gasteiger partial charge in [-0.3, -0.25) is 0 Å². The van der Waals surface area contributed by atoms with Crippen LogP contribution >= 0.6 is 0 Å². The normalized spacial score (nSPS) is 30.9. The maximum Gasteiger partial charge on any atom is 0.0111 e. The zero-order chi connectivity index (χ0) is 13.1. The molecular formula is C18H27N. The molecule has 1 aromatic carbocycles. The number of fused-ring (bicyclic) bond motifs is 1. The van der Waals surface area contributed by atoms with Gasteiger partial charge in [0.25, 0.3) is 0 Å². The summed E-state index contributed by atoms with van der Waals surface area (Å²) in [5, 5.41) is 3.85. The van der Waals surface area contributed by atoms with Crippen LogP contribution in [0.15, 0.2) is 24.3 Å². The van der Waals surface area contributed by atoms with Gasteiger partial charge in [-0.2, -0.15) is 0 Å². The molecule has 0 aromatic heterocycles. The van der Waals surface area contributed by atoms with E-state index in [1.165, 1.54) is 51.5 Å². The summed E-state index contributed by atoms with van der Waals surface area (Å²) in [5.74, 6) is 1.91. The lowest BCUT2D eigenvalue weighted by atomic mass is 9.82. The topological polar surface area (TPSA) is 12.0 Å². The van der Waals surface area contributed by atoms with Gasteiger partial charge in [-0.25, -0.2) is 0 Å². The summed E-state index contributed by atoms with van der Waals surface area (Å²) in [6.07, 6.45) is 9.59. The summed E-state index contributed by atoms with van der Waals surface area (Å²) in [4.78, 5) is 0. The van der Waals surface area contributed by atoms with Crippen LogP contribution < -0.4 is 5.32 Å². The predicted molar refractivity (Wildman–Crippen MR) is 81.4 cm³/mol. The van der Waals surface area contributed by atoms with E-state index in [0.29, 0.717) is 6.04 Å². The number of hydrogen-bond acceptors (Lipinski definition) is 1. The first-order chi connectivity index (χ1) is 9.31. The molecule has 104 valence electrons. The summed E-state index contributed by atoms with van der Waals surface area (Å²) in [5.41, 5.74) is 3.15. The van der Waals surface area contributed by atoms with E-state index in [9.17, 15) is 0 Å². The van der Waals surface area contributed by atoms with Crippen LogP contribution in [0.5, 0.6) is 0 Å². The van der Waals surface area contributed by atoms with Crippen LogP contribution in [-0.2, 0) is 12.8 Å². The van der Waals surface area contributed by atoms with Crippen molar-refractivity contribution in [1.29, 1.82) is 0 Å². The van der Waals surface area contributed by atoms with Gasteiger partial charge in [0.1, 0.15) is 0 Å². The minimum absolute atomic E-state index is 0.717. The lowest BCUT2D eigenvalue weighted by Gasteiger charge is -2.30. The van der Waals surface area contributed by atoms with Crippen molar-refractivity contribution < 1.29 is 0 Å². The van der Waals surface area contributed by atoms with Crippen LogP contribution in [-0.4, -0.2) is 12.6 Å². The van der Waals surface area contributed by atoms with E-state index in [2.05, 4.69) is 36.5 Å². The van der Waals surface area contributed by atoms with Crippen LogP contribution in [0.4, 0.5) is 0 Å². The Morgan fingerprint density at radius 1 is 1.00 bits per heavy atom. The SMILES string of the molecule is CC1CCC(CNC2CCc3ccccc3C2)CC1. The van der Waals surface area contributed by atoms with Crippen LogP contribution in [0.1, 0.15) is 50.2 Å². The molecule has 0 bridgehead atoms.